The van der Waals surface area contributed by atoms with E-state index in [-0.39, 0.29) is 29.0 Å². The predicted molar refractivity (Wildman–Crippen MR) is 172 cm³/mol. The first-order valence-electron chi connectivity index (χ1n) is 12.9. The van der Waals surface area contributed by atoms with Crippen LogP contribution in [0, 0.1) is 0 Å². The third kappa shape index (κ3) is 7.29. The highest BCUT2D eigenvalue weighted by molar-refractivity contribution is 8.00. The molecule has 1 atom stereocenters. The van der Waals surface area contributed by atoms with Crippen molar-refractivity contribution in [3.8, 4) is 0 Å². The molecule has 0 spiro atoms. The van der Waals surface area contributed by atoms with Crippen molar-refractivity contribution in [3.63, 3.8) is 0 Å². The second-order valence-corrected chi connectivity index (χ2v) is 11.9. The summed E-state index contributed by atoms with van der Waals surface area (Å²) in [7, 11) is 0. The second kappa shape index (κ2) is 13.5. The van der Waals surface area contributed by atoms with Gasteiger partial charge in [0, 0.05) is 27.6 Å². The number of hydrogen-bond acceptors (Lipinski definition) is 5. The van der Waals surface area contributed by atoms with Crippen molar-refractivity contribution in [1.29, 1.82) is 0 Å². The molecule has 0 saturated carbocycles. The summed E-state index contributed by atoms with van der Waals surface area (Å²) in [4.78, 5) is 53.8. The highest BCUT2D eigenvalue weighted by atomic mass is 35.5. The van der Waals surface area contributed by atoms with Crippen LogP contribution in [0.3, 0.4) is 0 Å². The molecule has 43 heavy (non-hydrogen) atoms. The Kier molecular flexibility index (Phi) is 9.52. The average molecular weight is 651 g/mol. The lowest BCUT2D eigenvalue weighted by atomic mass is 10.1. The first-order valence-corrected chi connectivity index (χ1v) is 14.9. The number of carbonyl (C=O) groups is 4. The van der Waals surface area contributed by atoms with E-state index in [0.717, 1.165) is 4.90 Å². The van der Waals surface area contributed by atoms with Crippen molar-refractivity contribution in [1.82, 2.24) is 5.32 Å². The van der Waals surface area contributed by atoms with E-state index in [1.165, 1.54) is 22.7 Å². The van der Waals surface area contributed by atoms with Gasteiger partial charge in [0.2, 0.25) is 11.8 Å². The molecule has 1 aliphatic heterocycles. The van der Waals surface area contributed by atoms with Gasteiger partial charge in [-0.3, -0.25) is 19.2 Å². The van der Waals surface area contributed by atoms with Gasteiger partial charge in [-0.05, 0) is 78.4 Å². The number of hydrogen-bond donors (Lipinski definition) is 2. The Morgan fingerprint density at radius 3 is 2.23 bits per heavy atom. The maximum Gasteiger partial charge on any atom is 0.272 e. The van der Waals surface area contributed by atoms with Crippen LogP contribution in [0.1, 0.15) is 22.3 Å². The van der Waals surface area contributed by atoms with Crippen LogP contribution in [0.4, 0.5) is 11.4 Å². The van der Waals surface area contributed by atoms with E-state index in [0.29, 0.717) is 32.5 Å². The lowest BCUT2D eigenvalue weighted by Crippen LogP contribution is -2.31. The number of nitrogens with zero attached hydrogens (tertiary/aromatic N) is 1. The first-order chi connectivity index (χ1) is 20.7. The number of thioether (sulfide) groups is 1. The maximum atomic E-state index is 13.3. The summed E-state index contributed by atoms with van der Waals surface area (Å²) in [5.41, 5.74) is 1.69. The van der Waals surface area contributed by atoms with Crippen molar-refractivity contribution in [2.75, 3.05) is 10.2 Å². The zero-order valence-electron chi connectivity index (χ0n) is 22.2. The van der Waals surface area contributed by atoms with Gasteiger partial charge in [-0.15, -0.1) is 11.8 Å². The normalized spacial score (nSPS) is 15.0. The molecule has 5 rings (SSSR count). The Hall–Kier alpha value is -4.08. The highest BCUT2D eigenvalue weighted by Crippen LogP contribution is 2.35. The molecule has 11 heteroatoms. The van der Waals surface area contributed by atoms with Crippen LogP contribution in [0.15, 0.2) is 108 Å². The summed E-state index contributed by atoms with van der Waals surface area (Å²) in [6.45, 7) is 0. The molecule has 216 valence electrons. The molecule has 4 aromatic rings. The molecule has 2 N–H and O–H groups in total. The van der Waals surface area contributed by atoms with Gasteiger partial charge < -0.3 is 10.6 Å². The monoisotopic (exact) mass is 649 g/mol. The highest BCUT2D eigenvalue weighted by Gasteiger charge is 2.40. The molecule has 0 aliphatic carbocycles. The summed E-state index contributed by atoms with van der Waals surface area (Å²) in [6, 6.07) is 26.8. The van der Waals surface area contributed by atoms with Gasteiger partial charge in [0.25, 0.3) is 11.8 Å². The van der Waals surface area contributed by atoms with E-state index in [1.807, 2.05) is 0 Å². The van der Waals surface area contributed by atoms with Gasteiger partial charge in [-0.1, -0.05) is 65.1 Å². The summed E-state index contributed by atoms with van der Waals surface area (Å²) >= 11 is 19.7. The number of amides is 4. The number of benzene rings is 4. The lowest BCUT2D eigenvalue weighted by molar-refractivity contribution is -0.121. The molecule has 7 nitrogen and oxygen atoms in total. The lowest BCUT2D eigenvalue weighted by Gasteiger charge is -2.15. The third-order valence-electron chi connectivity index (χ3n) is 6.39. The topological polar surface area (TPSA) is 95.6 Å². The van der Waals surface area contributed by atoms with Crippen molar-refractivity contribution in [2.45, 2.75) is 16.6 Å². The fourth-order valence-corrected chi connectivity index (χ4v) is 5.81. The molecule has 1 fully saturated rings. The number of rotatable bonds is 8. The molecule has 4 aromatic carbocycles. The zero-order valence-corrected chi connectivity index (χ0v) is 25.3. The minimum Gasteiger partial charge on any atom is -0.321 e. The van der Waals surface area contributed by atoms with Crippen LogP contribution in [-0.2, 0) is 14.4 Å². The first kappa shape index (κ1) is 30.4. The maximum absolute atomic E-state index is 13.3. The zero-order chi connectivity index (χ0) is 30.5. The van der Waals surface area contributed by atoms with Crippen LogP contribution in [0.25, 0.3) is 6.08 Å². The van der Waals surface area contributed by atoms with Crippen LogP contribution < -0.4 is 15.5 Å². The Bertz CT molecular complexity index is 1730. The molecule has 1 aliphatic rings. The van der Waals surface area contributed by atoms with Gasteiger partial charge in [0.05, 0.1) is 21.0 Å². The smallest absolute Gasteiger partial charge is 0.272 e. The molecule has 1 heterocycles. The number of carbonyl (C=O) groups excluding carboxylic acids is 4. The molecule has 0 radical (unpaired) electrons. The van der Waals surface area contributed by atoms with Gasteiger partial charge in [-0.25, -0.2) is 4.90 Å². The standard InChI is InChI=1S/C32H22Cl3N3O4S/c33-21-9-13-23(14-10-21)38-28(39)18-27(32(38)42)43-24-15-11-22(12-16-24)36-31(41)26(17-20-7-4-8-25(34)29(20)35)37-30(40)19-5-2-1-3-6-19/h1-17,27H,18H2,(H,36,41)(H,37,40)/b26-17-. The summed E-state index contributed by atoms with van der Waals surface area (Å²) < 4.78 is 0. The van der Waals surface area contributed by atoms with Crippen LogP contribution in [0.5, 0.6) is 0 Å². The molecule has 0 aromatic heterocycles. The average Bonchev–Trinajstić information content (AvgIpc) is 3.28. The summed E-state index contributed by atoms with van der Waals surface area (Å²) in [5.74, 6) is -1.66. The Labute approximate surface area is 266 Å². The molecule has 1 saturated heterocycles. The predicted octanol–water partition coefficient (Wildman–Crippen LogP) is 7.48. The third-order valence-corrected chi connectivity index (χ3v) is 8.67. The molecule has 0 bridgehead atoms. The molecule has 1 unspecified atom stereocenters. The number of nitrogens with one attached hydrogen (secondary N) is 2. The minimum atomic E-state index is -0.589. The largest absolute Gasteiger partial charge is 0.321 e. The van der Waals surface area contributed by atoms with E-state index in [9.17, 15) is 19.2 Å². The summed E-state index contributed by atoms with van der Waals surface area (Å²) in [5, 5.41) is 5.89. The van der Waals surface area contributed by atoms with E-state index in [2.05, 4.69) is 10.6 Å². The molecular weight excluding hydrogens is 629 g/mol. The van der Waals surface area contributed by atoms with Gasteiger partial charge in [-0.2, -0.15) is 0 Å². The van der Waals surface area contributed by atoms with E-state index < -0.39 is 17.1 Å². The van der Waals surface area contributed by atoms with Crippen molar-refractivity contribution < 1.29 is 19.2 Å². The van der Waals surface area contributed by atoms with Crippen molar-refractivity contribution >= 4 is 87.6 Å². The van der Waals surface area contributed by atoms with Crippen molar-refractivity contribution in [2.24, 2.45) is 0 Å². The Balaban J connectivity index is 1.30. The summed E-state index contributed by atoms with van der Waals surface area (Å²) in [6.07, 6.45) is 1.51. The SMILES string of the molecule is O=C(Nc1ccc(SC2CC(=O)N(c3ccc(Cl)cc3)C2=O)cc1)/C(=C/c1cccc(Cl)c1Cl)NC(=O)c1ccccc1. The van der Waals surface area contributed by atoms with E-state index in [4.69, 9.17) is 34.8 Å². The number of halogens is 3. The van der Waals surface area contributed by atoms with Gasteiger partial charge in [0.15, 0.2) is 0 Å². The fraction of sp³-hybridized carbons (Fsp3) is 0.0625. The molecule has 4 amide bonds. The molecular formula is C32H22Cl3N3O4S. The number of imide groups is 1. The Morgan fingerprint density at radius 2 is 1.53 bits per heavy atom. The van der Waals surface area contributed by atoms with Gasteiger partial charge >= 0.3 is 0 Å². The Morgan fingerprint density at radius 1 is 0.837 bits per heavy atom. The number of anilines is 2. The van der Waals surface area contributed by atoms with E-state index in [1.54, 1.807) is 97.1 Å². The van der Waals surface area contributed by atoms with Crippen LogP contribution in [0.2, 0.25) is 15.1 Å². The van der Waals surface area contributed by atoms with Crippen LogP contribution >= 0.6 is 46.6 Å². The van der Waals surface area contributed by atoms with Gasteiger partial charge in [0.1, 0.15) is 5.70 Å². The van der Waals surface area contributed by atoms with E-state index >= 15 is 0 Å². The second-order valence-electron chi connectivity index (χ2n) is 9.35. The quantitative estimate of drug-likeness (QED) is 0.152. The van der Waals surface area contributed by atoms with Crippen LogP contribution in [-0.4, -0.2) is 28.9 Å². The fourth-order valence-electron chi connectivity index (χ4n) is 4.27. The minimum absolute atomic E-state index is 0.0474. The van der Waals surface area contributed by atoms with Crippen molar-refractivity contribution in [3.05, 3.63) is 129 Å².